The summed E-state index contributed by atoms with van der Waals surface area (Å²) in [5.41, 5.74) is 4.54. The van der Waals surface area contributed by atoms with Gasteiger partial charge in [0.15, 0.2) is 0 Å². The molecule has 1 saturated heterocycles. The smallest absolute Gasteiger partial charge is 0.219 e. The fourth-order valence-corrected chi connectivity index (χ4v) is 3.60. The molecule has 0 N–H and O–H groups in total. The zero-order chi connectivity index (χ0) is 19.4. The van der Waals surface area contributed by atoms with Crippen molar-refractivity contribution in [3.05, 3.63) is 52.5 Å². The molecule has 0 atom stereocenters. The molecule has 1 amide bonds. The molecule has 1 aliphatic heterocycles. The second-order valence-electron chi connectivity index (χ2n) is 7.11. The van der Waals surface area contributed by atoms with Crippen LogP contribution >= 0.6 is 0 Å². The summed E-state index contributed by atoms with van der Waals surface area (Å²) < 4.78 is 5.41. The van der Waals surface area contributed by atoms with Crippen LogP contribution in [-0.2, 0) is 22.6 Å². The van der Waals surface area contributed by atoms with Crippen molar-refractivity contribution in [1.29, 1.82) is 0 Å². The van der Waals surface area contributed by atoms with Gasteiger partial charge in [-0.3, -0.25) is 4.79 Å². The Morgan fingerprint density at radius 1 is 1.15 bits per heavy atom. The van der Waals surface area contributed by atoms with Gasteiger partial charge in [0.1, 0.15) is 11.6 Å². The summed E-state index contributed by atoms with van der Waals surface area (Å²) in [4.78, 5) is 25.2. The Balaban J connectivity index is 1.95. The van der Waals surface area contributed by atoms with Gasteiger partial charge in [-0.15, -0.1) is 0 Å². The molecular formula is C21H28N4O2. The third-order valence-electron chi connectivity index (χ3n) is 4.95. The topological polar surface area (TPSA) is 58.6 Å². The van der Waals surface area contributed by atoms with E-state index in [4.69, 9.17) is 9.72 Å². The molecule has 0 spiro atoms. The molecule has 0 saturated carbocycles. The number of aryl methyl sites for hydroxylation is 2. The van der Waals surface area contributed by atoms with Gasteiger partial charge in [-0.2, -0.15) is 0 Å². The monoisotopic (exact) mass is 368 g/mol. The molecule has 6 heteroatoms. The van der Waals surface area contributed by atoms with Crippen molar-refractivity contribution in [1.82, 2.24) is 14.9 Å². The van der Waals surface area contributed by atoms with Crippen LogP contribution in [0.5, 0.6) is 0 Å². The minimum absolute atomic E-state index is 0.133. The molecule has 3 rings (SSSR count). The Morgan fingerprint density at radius 2 is 1.89 bits per heavy atom. The third-order valence-corrected chi connectivity index (χ3v) is 4.95. The zero-order valence-corrected chi connectivity index (χ0v) is 16.7. The van der Waals surface area contributed by atoms with Gasteiger partial charge in [0.25, 0.3) is 0 Å². The molecule has 6 nitrogen and oxygen atoms in total. The van der Waals surface area contributed by atoms with Crippen LogP contribution < -0.4 is 4.90 Å². The Kier molecular flexibility index (Phi) is 6.06. The molecule has 0 aliphatic carbocycles. The van der Waals surface area contributed by atoms with Crippen molar-refractivity contribution >= 4 is 11.7 Å². The van der Waals surface area contributed by atoms with E-state index in [9.17, 15) is 4.79 Å². The normalized spacial score (nSPS) is 14.5. The molecule has 1 aromatic heterocycles. The number of ether oxygens (including phenoxy) is 1. The van der Waals surface area contributed by atoms with E-state index in [0.717, 1.165) is 55.5 Å². The van der Waals surface area contributed by atoms with E-state index in [1.807, 2.05) is 11.8 Å². The number of methoxy groups -OCH3 is 1. The van der Waals surface area contributed by atoms with Crippen LogP contribution in [0.25, 0.3) is 0 Å². The number of carbonyl (C=O) groups is 1. The standard InChI is InChI=1S/C21H28N4O2/c1-15-6-5-7-18(12-15)13-19-20(14-27-4)22-16(2)23-21(19)25-10-8-24(9-11-25)17(3)26/h5-7,12H,8-11,13-14H2,1-4H3. The van der Waals surface area contributed by atoms with Crippen LogP contribution in [0.15, 0.2) is 24.3 Å². The second-order valence-corrected chi connectivity index (χ2v) is 7.11. The molecule has 27 heavy (non-hydrogen) atoms. The summed E-state index contributed by atoms with van der Waals surface area (Å²) in [6, 6.07) is 8.53. The minimum Gasteiger partial charge on any atom is -0.378 e. The van der Waals surface area contributed by atoms with Crippen molar-refractivity contribution in [3.8, 4) is 0 Å². The molecule has 1 aromatic carbocycles. The number of hydrogen-bond donors (Lipinski definition) is 0. The first-order chi connectivity index (χ1) is 13.0. The van der Waals surface area contributed by atoms with Crippen molar-refractivity contribution in [3.63, 3.8) is 0 Å². The van der Waals surface area contributed by atoms with Gasteiger partial charge in [-0.1, -0.05) is 29.8 Å². The number of piperazine rings is 1. The van der Waals surface area contributed by atoms with E-state index >= 15 is 0 Å². The maximum atomic E-state index is 11.6. The van der Waals surface area contributed by atoms with Crippen LogP contribution in [0.1, 0.15) is 35.1 Å². The lowest BCUT2D eigenvalue weighted by Crippen LogP contribution is -2.48. The van der Waals surface area contributed by atoms with E-state index in [1.165, 1.54) is 11.1 Å². The zero-order valence-electron chi connectivity index (χ0n) is 16.7. The first kappa shape index (κ1) is 19.3. The summed E-state index contributed by atoms with van der Waals surface area (Å²) in [6.45, 7) is 9.13. The molecule has 1 aliphatic rings. The Labute approximate surface area is 161 Å². The van der Waals surface area contributed by atoms with Crippen LogP contribution in [-0.4, -0.2) is 54.1 Å². The summed E-state index contributed by atoms with van der Waals surface area (Å²) >= 11 is 0. The quantitative estimate of drug-likeness (QED) is 0.812. The van der Waals surface area contributed by atoms with Crippen LogP contribution in [0.3, 0.4) is 0 Å². The summed E-state index contributed by atoms with van der Waals surface area (Å²) in [5.74, 6) is 1.85. The van der Waals surface area contributed by atoms with E-state index in [0.29, 0.717) is 6.61 Å². The highest BCUT2D eigenvalue weighted by Gasteiger charge is 2.24. The molecule has 0 unspecified atom stereocenters. The number of hydrogen-bond acceptors (Lipinski definition) is 5. The lowest BCUT2D eigenvalue weighted by molar-refractivity contribution is -0.129. The highest BCUT2D eigenvalue weighted by molar-refractivity contribution is 5.73. The number of benzene rings is 1. The molecule has 2 heterocycles. The molecule has 0 bridgehead atoms. The van der Waals surface area contributed by atoms with Gasteiger partial charge < -0.3 is 14.5 Å². The average Bonchev–Trinajstić information content (AvgIpc) is 2.64. The summed E-state index contributed by atoms with van der Waals surface area (Å²) in [7, 11) is 1.69. The number of amides is 1. The summed E-state index contributed by atoms with van der Waals surface area (Å²) in [5, 5.41) is 0. The molecule has 2 aromatic rings. The number of carbonyl (C=O) groups excluding carboxylic acids is 1. The van der Waals surface area contributed by atoms with Crippen molar-refractivity contribution < 1.29 is 9.53 Å². The van der Waals surface area contributed by atoms with Gasteiger partial charge in [-0.05, 0) is 19.4 Å². The molecule has 0 radical (unpaired) electrons. The Hall–Kier alpha value is -2.47. The van der Waals surface area contributed by atoms with Gasteiger partial charge in [0.2, 0.25) is 5.91 Å². The highest BCUT2D eigenvalue weighted by Crippen LogP contribution is 2.26. The Morgan fingerprint density at radius 3 is 2.52 bits per heavy atom. The Bertz CT molecular complexity index is 814. The van der Waals surface area contributed by atoms with Crippen LogP contribution in [0, 0.1) is 13.8 Å². The largest absolute Gasteiger partial charge is 0.378 e. The second kappa shape index (κ2) is 8.48. The van der Waals surface area contributed by atoms with Gasteiger partial charge in [0.05, 0.1) is 12.3 Å². The maximum absolute atomic E-state index is 11.6. The average molecular weight is 368 g/mol. The van der Waals surface area contributed by atoms with E-state index in [2.05, 4.69) is 41.1 Å². The lowest BCUT2D eigenvalue weighted by atomic mass is 10.0. The van der Waals surface area contributed by atoms with Crippen LogP contribution in [0.2, 0.25) is 0 Å². The van der Waals surface area contributed by atoms with Gasteiger partial charge >= 0.3 is 0 Å². The first-order valence-electron chi connectivity index (χ1n) is 9.39. The van der Waals surface area contributed by atoms with Crippen molar-refractivity contribution in [2.24, 2.45) is 0 Å². The maximum Gasteiger partial charge on any atom is 0.219 e. The fraction of sp³-hybridized carbons (Fsp3) is 0.476. The molecule has 144 valence electrons. The predicted octanol–water partition coefficient (Wildman–Crippen LogP) is 2.50. The summed E-state index contributed by atoms with van der Waals surface area (Å²) in [6.07, 6.45) is 0.767. The van der Waals surface area contributed by atoms with E-state index in [-0.39, 0.29) is 5.91 Å². The van der Waals surface area contributed by atoms with Crippen molar-refractivity contribution in [2.75, 3.05) is 38.2 Å². The fourth-order valence-electron chi connectivity index (χ4n) is 3.60. The lowest BCUT2D eigenvalue weighted by Gasteiger charge is -2.36. The van der Waals surface area contributed by atoms with E-state index in [1.54, 1.807) is 14.0 Å². The minimum atomic E-state index is 0.133. The number of aromatic nitrogens is 2. The van der Waals surface area contributed by atoms with E-state index < -0.39 is 0 Å². The predicted molar refractivity (Wildman–Crippen MR) is 106 cm³/mol. The highest BCUT2D eigenvalue weighted by atomic mass is 16.5. The third kappa shape index (κ3) is 4.63. The number of nitrogens with zero attached hydrogens (tertiary/aromatic N) is 4. The molecule has 1 fully saturated rings. The van der Waals surface area contributed by atoms with Gasteiger partial charge in [0, 0.05) is 52.2 Å². The van der Waals surface area contributed by atoms with Crippen LogP contribution in [0.4, 0.5) is 5.82 Å². The first-order valence-corrected chi connectivity index (χ1v) is 9.39. The molecular weight excluding hydrogens is 340 g/mol. The van der Waals surface area contributed by atoms with Crippen molar-refractivity contribution in [2.45, 2.75) is 33.8 Å². The number of anilines is 1. The van der Waals surface area contributed by atoms with Gasteiger partial charge in [-0.25, -0.2) is 9.97 Å². The SMILES string of the molecule is COCc1nc(C)nc(N2CCN(C(C)=O)CC2)c1Cc1cccc(C)c1. The number of rotatable bonds is 5.